The number of halogens is 1. The zero-order valence-corrected chi connectivity index (χ0v) is 10.8. The van der Waals surface area contributed by atoms with Crippen LogP contribution >= 0.6 is 0 Å². The number of methoxy groups -OCH3 is 1. The molecule has 1 atom stereocenters. The van der Waals surface area contributed by atoms with Gasteiger partial charge in [-0.3, -0.25) is 4.90 Å². The van der Waals surface area contributed by atoms with E-state index in [1.165, 1.54) is 13.2 Å². The first-order valence-electron chi connectivity index (χ1n) is 5.97. The van der Waals surface area contributed by atoms with Crippen molar-refractivity contribution in [1.29, 1.82) is 0 Å². The molecule has 1 unspecified atom stereocenters. The lowest BCUT2D eigenvalue weighted by Crippen LogP contribution is -2.56. The van der Waals surface area contributed by atoms with Crippen LogP contribution in [0.1, 0.15) is 5.56 Å². The SMILES string of the molecule is COc1ccc(C2(CN)COCCN2C)cc1F. The molecule has 1 aliphatic heterocycles. The quantitative estimate of drug-likeness (QED) is 0.872. The Morgan fingerprint density at radius 3 is 2.89 bits per heavy atom. The fourth-order valence-corrected chi connectivity index (χ4v) is 2.36. The third-order valence-corrected chi connectivity index (χ3v) is 3.67. The first-order chi connectivity index (χ1) is 8.64. The summed E-state index contributed by atoms with van der Waals surface area (Å²) < 4.78 is 24.3. The second-order valence-corrected chi connectivity index (χ2v) is 4.56. The van der Waals surface area contributed by atoms with Crippen LogP contribution in [-0.2, 0) is 10.3 Å². The molecule has 18 heavy (non-hydrogen) atoms. The van der Waals surface area contributed by atoms with Crippen molar-refractivity contribution < 1.29 is 13.9 Å². The summed E-state index contributed by atoms with van der Waals surface area (Å²) in [5.74, 6) is -0.132. The molecule has 1 saturated heterocycles. The molecule has 1 aliphatic rings. The van der Waals surface area contributed by atoms with Crippen LogP contribution in [0.2, 0.25) is 0 Å². The van der Waals surface area contributed by atoms with Gasteiger partial charge in [0.2, 0.25) is 0 Å². The summed E-state index contributed by atoms with van der Waals surface area (Å²) in [6, 6.07) is 4.96. The standard InChI is InChI=1S/C13H19FN2O2/c1-16-5-6-18-9-13(16,8-15)10-3-4-12(17-2)11(14)7-10/h3-4,7H,5-6,8-9,15H2,1-2H3. The predicted molar refractivity (Wildman–Crippen MR) is 67.1 cm³/mol. The van der Waals surface area contributed by atoms with Crippen molar-refractivity contribution in [3.8, 4) is 5.75 Å². The van der Waals surface area contributed by atoms with E-state index >= 15 is 0 Å². The first-order valence-corrected chi connectivity index (χ1v) is 5.97. The molecule has 1 fully saturated rings. The second-order valence-electron chi connectivity index (χ2n) is 4.56. The minimum atomic E-state index is -0.453. The number of likely N-dealkylation sites (N-methyl/N-ethyl adjacent to an activating group) is 1. The number of nitrogens with zero attached hydrogens (tertiary/aromatic N) is 1. The largest absolute Gasteiger partial charge is 0.494 e. The van der Waals surface area contributed by atoms with E-state index in [0.29, 0.717) is 19.8 Å². The van der Waals surface area contributed by atoms with Gasteiger partial charge in [-0.05, 0) is 24.7 Å². The Morgan fingerprint density at radius 2 is 2.33 bits per heavy atom. The van der Waals surface area contributed by atoms with Crippen LogP contribution in [0.5, 0.6) is 5.75 Å². The summed E-state index contributed by atoms with van der Waals surface area (Å²) in [6.45, 7) is 2.32. The number of nitrogens with two attached hydrogens (primary N) is 1. The van der Waals surface area contributed by atoms with E-state index in [4.69, 9.17) is 15.2 Å². The highest BCUT2D eigenvalue weighted by Gasteiger charge is 2.38. The van der Waals surface area contributed by atoms with E-state index in [-0.39, 0.29) is 11.6 Å². The lowest BCUT2D eigenvalue weighted by molar-refractivity contribution is -0.0550. The van der Waals surface area contributed by atoms with Gasteiger partial charge >= 0.3 is 0 Å². The smallest absolute Gasteiger partial charge is 0.165 e. The van der Waals surface area contributed by atoms with Crippen LogP contribution in [0.3, 0.4) is 0 Å². The van der Waals surface area contributed by atoms with Crippen LogP contribution in [0, 0.1) is 5.82 Å². The van der Waals surface area contributed by atoms with Crippen molar-refractivity contribution in [2.24, 2.45) is 5.73 Å². The molecular weight excluding hydrogens is 235 g/mol. The molecule has 2 N–H and O–H groups in total. The van der Waals surface area contributed by atoms with Gasteiger partial charge in [0.15, 0.2) is 11.6 Å². The Kier molecular flexibility index (Phi) is 3.85. The topological polar surface area (TPSA) is 47.7 Å². The monoisotopic (exact) mass is 254 g/mol. The molecule has 2 rings (SSSR count). The third-order valence-electron chi connectivity index (χ3n) is 3.67. The molecule has 0 radical (unpaired) electrons. The van der Waals surface area contributed by atoms with Gasteiger partial charge < -0.3 is 15.2 Å². The Hall–Kier alpha value is -1.17. The van der Waals surface area contributed by atoms with E-state index in [2.05, 4.69) is 4.90 Å². The summed E-state index contributed by atoms with van der Waals surface area (Å²) in [5, 5.41) is 0. The van der Waals surface area contributed by atoms with Gasteiger partial charge in [0, 0.05) is 13.1 Å². The minimum absolute atomic E-state index is 0.241. The maximum Gasteiger partial charge on any atom is 0.165 e. The van der Waals surface area contributed by atoms with E-state index in [1.54, 1.807) is 6.07 Å². The molecule has 100 valence electrons. The number of benzene rings is 1. The molecule has 1 heterocycles. The Labute approximate surface area is 106 Å². The fourth-order valence-electron chi connectivity index (χ4n) is 2.36. The normalized spacial score (nSPS) is 25.1. The Bertz CT molecular complexity index is 427. The second kappa shape index (κ2) is 5.22. The van der Waals surface area contributed by atoms with E-state index in [0.717, 1.165) is 12.1 Å². The number of hydrogen-bond donors (Lipinski definition) is 1. The average Bonchev–Trinajstić information content (AvgIpc) is 2.39. The molecule has 0 aromatic heterocycles. The molecule has 0 aliphatic carbocycles. The lowest BCUT2D eigenvalue weighted by Gasteiger charge is -2.44. The van der Waals surface area contributed by atoms with Crippen molar-refractivity contribution in [1.82, 2.24) is 4.90 Å². The highest BCUT2D eigenvalue weighted by molar-refractivity contribution is 5.34. The van der Waals surface area contributed by atoms with Gasteiger partial charge in [-0.25, -0.2) is 4.39 Å². The summed E-state index contributed by atoms with van der Waals surface area (Å²) >= 11 is 0. The maximum atomic E-state index is 13.8. The molecule has 1 aromatic carbocycles. The Morgan fingerprint density at radius 1 is 1.56 bits per heavy atom. The van der Waals surface area contributed by atoms with Crippen molar-refractivity contribution in [2.45, 2.75) is 5.54 Å². The van der Waals surface area contributed by atoms with Crippen LogP contribution in [0.15, 0.2) is 18.2 Å². The van der Waals surface area contributed by atoms with Gasteiger partial charge in [0.25, 0.3) is 0 Å². The molecule has 0 saturated carbocycles. The molecular formula is C13H19FN2O2. The van der Waals surface area contributed by atoms with Gasteiger partial charge in [-0.1, -0.05) is 6.07 Å². The van der Waals surface area contributed by atoms with Crippen LogP contribution in [0.4, 0.5) is 4.39 Å². The summed E-state index contributed by atoms with van der Waals surface area (Å²) in [6.07, 6.45) is 0. The summed E-state index contributed by atoms with van der Waals surface area (Å²) in [4.78, 5) is 2.12. The van der Waals surface area contributed by atoms with Gasteiger partial charge in [-0.2, -0.15) is 0 Å². The summed E-state index contributed by atoms with van der Waals surface area (Å²) in [7, 11) is 3.43. The number of ether oxygens (including phenoxy) is 2. The van der Waals surface area contributed by atoms with Crippen molar-refractivity contribution in [3.63, 3.8) is 0 Å². The number of rotatable bonds is 3. The number of morpholine rings is 1. The summed E-state index contributed by atoms with van der Waals surface area (Å²) in [5.41, 5.74) is 6.28. The average molecular weight is 254 g/mol. The zero-order valence-electron chi connectivity index (χ0n) is 10.8. The number of hydrogen-bond acceptors (Lipinski definition) is 4. The van der Waals surface area contributed by atoms with Crippen LogP contribution in [-0.4, -0.2) is 45.4 Å². The lowest BCUT2D eigenvalue weighted by atomic mass is 9.88. The van der Waals surface area contributed by atoms with E-state index in [1.807, 2.05) is 13.1 Å². The van der Waals surface area contributed by atoms with Gasteiger partial charge in [0.05, 0.1) is 25.9 Å². The Balaban J connectivity index is 2.40. The van der Waals surface area contributed by atoms with E-state index in [9.17, 15) is 4.39 Å². The van der Waals surface area contributed by atoms with Gasteiger partial charge in [0.1, 0.15) is 0 Å². The fraction of sp³-hybridized carbons (Fsp3) is 0.538. The van der Waals surface area contributed by atoms with Crippen LogP contribution in [0.25, 0.3) is 0 Å². The van der Waals surface area contributed by atoms with Crippen molar-refractivity contribution in [3.05, 3.63) is 29.6 Å². The molecule has 5 heteroatoms. The van der Waals surface area contributed by atoms with Gasteiger partial charge in [-0.15, -0.1) is 0 Å². The van der Waals surface area contributed by atoms with Crippen molar-refractivity contribution in [2.75, 3.05) is 40.5 Å². The maximum absolute atomic E-state index is 13.8. The predicted octanol–water partition coefficient (Wildman–Crippen LogP) is 0.950. The molecule has 0 spiro atoms. The molecule has 0 amide bonds. The van der Waals surface area contributed by atoms with Crippen molar-refractivity contribution >= 4 is 0 Å². The third kappa shape index (κ3) is 2.09. The highest BCUT2D eigenvalue weighted by atomic mass is 19.1. The van der Waals surface area contributed by atoms with E-state index < -0.39 is 5.54 Å². The van der Waals surface area contributed by atoms with Crippen LogP contribution < -0.4 is 10.5 Å². The molecule has 1 aromatic rings. The molecule has 0 bridgehead atoms. The molecule has 4 nitrogen and oxygen atoms in total. The first kappa shape index (κ1) is 13.3. The zero-order chi connectivity index (χ0) is 13.2. The minimum Gasteiger partial charge on any atom is -0.494 e. The highest BCUT2D eigenvalue weighted by Crippen LogP contribution is 2.32.